The van der Waals surface area contributed by atoms with Crippen LogP contribution >= 0.6 is 27.3 Å². The van der Waals surface area contributed by atoms with Crippen molar-refractivity contribution in [1.82, 2.24) is 4.98 Å². The SMILES string of the molecule is NCCc1nc2c(s1)Cc1c(Br)cccc1-2. The van der Waals surface area contributed by atoms with E-state index in [1.165, 1.54) is 26.2 Å². The van der Waals surface area contributed by atoms with Gasteiger partial charge in [0, 0.05) is 27.8 Å². The Balaban J connectivity index is 2.10. The Labute approximate surface area is 107 Å². The highest BCUT2D eigenvalue weighted by Gasteiger charge is 2.24. The zero-order chi connectivity index (χ0) is 11.1. The zero-order valence-electron chi connectivity index (χ0n) is 8.66. The van der Waals surface area contributed by atoms with E-state index in [1.54, 1.807) is 11.3 Å². The average molecular weight is 295 g/mol. The standard InChI is InChI=1S/C12H11BrN2S/c13-9-3-1-2-7-8(9)6-10-12(7)15-11(16-10)4-5-14/h1-3H,4-6,14H2. The van der Waals surface area contributed by atoms with Crippen LogP contribution in [0, 0.1) is 0 Å². The second kappa shape index (κ2) is 3.95. The van der Waals surface area contributed by atoms with E-state index >= 15 is 0 Å². The minimum absolute atomic E-state index is 0.678. The lowest BCUT2D eigenvalue weighted by atomic mass is 10.1. The van der Waals surface area contributed by atoms with Crippen molar-refractivity contribution in [2.75, 3.05) is 6.54 Å². The molecule has 0 saturated heterocycles. The molecule has 0 unspecified atom stereocenters. The highest BCUT2D eigenvalue weighted by atomic mass is 79.9. The van der Waals surface area contributed by atoms with Gasteiger partial charge in [0.2, 0.25) is 0 Å². The summed E-state index contributed by atoms with van der Waals surface area (Å²) in [6.07, 6.45) is 1.90. The molecule has 0 bridgehead atoms. The smallest absolute Gasteiger partial charge is 0.0948 e. The molecule has 0 amide bonds. The van der Waals surface area contributed by atoms with Crippen LogP contribution in [0.4, 0.5) is 0 Å². The van der Waals surface area contributed by atoms with E-state index in [0.29, 0.717) is 6.54 Å². The Morgan fingerprint density at radius 2 is 2.31 bits per heavy atom. The quantitative estimate of drug-likeness (QED) is 0.789. The molecule has 82 valence electrons. The second-order valence-electron chi connectivity index (χ2n) is 3.86. The number of benzene rings is 1. The molecule has 0 atom stereocenters. The van der Waals surface area contributed by atoms with Gasteiger partial charge in [0.15, 0.2) is 0 Å². The molecule has 3 rings (SSSR count). The first-order valence-electron chi connectivity index (χ1n) is 5.26. The predicted octanol–water partition coefficient (Wildman–Crippen LogP) is 2.98. The summed E-state index contributed by atoms with van der Waals surface area (Å²) in [5.74, 6) is 0. The summed E-state index contributed by atoms with van der Waals surface area (Å²) in [7, 11) is 0. The topological polar surface area (TPSA) is 38.9 Å². The van der Waals surface area contributed by atoms with Crippen molar-refractivity contribution in [3.05, 3.63) is 38.1 Å². The monoisotopic (exact) mass is 294 g/mol. The van der Waals surface area contributed by atoms with Gasteiger partial charge in [0.05, 0.1) is 10.7 Å². The molecule has 16 heavy (non-hydrogen) atoms. The normalized spacial score (nSPS) is 12.6. The molecule has 2 nitrogen and oxygen atoms in total. The Hall–Kier alpha value is -0.710. The molecule has 0 fully saturated rings. The molecule has 0 radical (unpaired) electrons. The Morgan fingerprint density at radius 1 is 1.44 bits per heavy atom. The van der Waals surface area contributed by atoms with Crippen LogP contribution in [-0.2, 0) is 12.8 Å². The van der Waals surface area contributed by atoms with Crippen LogP contribution in [-0.4, -0.2) is 11.5 Å². The minimum Gasteiger partial charge on any atom is -0.330 e. The first-order chi connectivity index (χ1) is 7.79. The number of nitrogens with two attached hydrogens (primary N) is 1. The van der Waals surface area contributed by atoms with Crippen molar-refractivity contribution in [2.24, 2.45) is 5.73 Å². The lowest BCUT2D eigenvalue weighted by molar-refractivity contribution is 0.954. The maximum atomic E-state index is 5.56. The van der Waals surface area contributed by atoms with Gasteiger partial charge in [0.25, 0.3) is 0 Å². The van der Waals surface area contributed by atoms with E-state index in [9.17, 15) is 0 Å². The molecule has 1 aliphatic rings. The van der Waals surface area contributed by atoms with Gasteiger partial charge in [-0.25, -0.2) is 4.98 Å². The maximum absolute atomic E-state index is 5.56. The van der Waals surface area contributed by atoms with Gasteiger partial charge in [-0.05, 0) is 18.2 Å². The van der Waals surface area contributed by atoms with Crippen molar-refractivity contribution in [3.8, 4) is 11.3 Å². The van der Waals surface area contributed by atoms with E-state index in [1.807, 2.05) is 0 Å². The first-order valence-corrected chi connectivity index (χ1v) is 6.87. The Kier molecular flexibility index (Phi) is 2.58. The molecule has 2 aromatic rings. The van der Waals surface area contributed by atoms with Crippen LogP contribution in [0.3, 0.4) is 0 Å². The van der Waals surface area contributed by atoms with Crippen molar-refractivity contribution in [3.63, 3.8) is 0 Å². The van der Waals surface area contributed by atoms with Crippen molar-refractivity contribution < 1.29 is 0 Å². The van der Waals surface area contributed by atoms with Gasteiger partial charge >= 0.3 is 0 Å². The second-order valence-corrected chi connectivity index (χ2v) is 5.88. The summed E-state index contributed by atoms with van der Waals surface area (Å²) in [6.45, 7) is 0.678. The maximum Gasteiger partial charge on any atom is 0.0948 e. The Morgan fingerprint density at radius 3 is 3.12 bits per heavy atom. The summed E-state index contributed by atoms with van der Waals surface area (Å²) >= 11 is 5.40. The van der Waals surface area contributed by atoms with Crippen LogP contribution in [0.25, 0.3) is 11.3 Å². The number of hydrogen-bond donors (Lipinski definition) is 1. The number of aromatic nitrogens is 1. The van der Waals surface area contributed by atoms with Gasteiger partial charge in [-0.3, -0.25) is 0 Å². The van der Waals surface area contributed by atoms with Crippen molar-refractivity contribution >= 4 is 27.3 Å². The molecular weight excluding hydrogens is 284 g/mol. The molecule has 4 heteroatoms. The van der Waals surface area contributed by atoms with Gasteiger partial charge in [-0.15, -0.1) is 11.3 Å². The van der Waals surface area contributed by atoms with Crippen molar-refractivity contribution in [2.45, 2.75) is 12.8 Å². The lowest BCUT2D eigenvalue weighted by Crippen LogP contribution is -2.02. The summed E-state index contributed by atoms with van der Waals surface area (Å²) < 4.78 is 1.19. The van der Waals surface area contributed by atoms with Crippen molar-refractivity contribution in [1.29, 1.82) is 0 Å². The van der Waals surface area contributed by atoms with E-state index in [4.69, 9.17) is 5.73 Å². The number of thiazole rings is 1. The van der Waals surface area contributed by atoms with Crippen LogP contribution < -0.4 is 5.73 Å². The molecule has 1 aromatic heterocycles. The fourth-order valence-corrected chi connectivity index (χ4v) is 3.70. The summed E-state index contributed by atoms with van der Waals surface area (Å²) in [4.78, 5) is 6.06. The minimum atomic E-state index is 0.678. The summed E-state index contributed by atoms with van der Waals surface area (Å²) in [5.41, 5.74) is 9.38. The molecule has 1 heterocycles. The van der Waals surface area contributed by atoms with Crippen LogP contribution in [0.5, 0.6) is 0 Å². The average Bonchev–Trinajstić information content (AvgIpc) is 2.77. The van der Waals surface area contributed by atoms with Crippen LogP contribution in [0.15, 0.2) is 22.7 Å². The first kappa shape index (κ1) is 10.4. The number of hydrogen-bond acceptors (Lipinski definition) is 3. The van der Waals surface area contributed by atoms with Crippen LogP contribution in [0.1, 0.15) is 15.4 Å². The van der Waals surface area contributed by atoms with E-state index < -0.39 is 0 Å². The number of halogens is 1. The van der Waals surface area contributed by atoms with E-state index in [2.05, 4.69) is 39.1 Å². The molecule has 0 saturated carbocycles. The van der Waals surface area contributed by atoms with Gasteiger partial charge in [-0.2, -0.15) is 0 Å². The molecule has 1 aliphatic carbocycles. The molecule has 0 spiro atoms. The molecular formula is C12H11BrN2S. The largest absolute Gasteiger partial charge is 0.330 e. The number of nitrogens with zero attached hydrogens (tertiary/aromatic N) is 1. The Bertz CT molecular complexity index is 548. The van der Waals surface area contributed by atoms with E-state index in [0.717, 1.165) is 17.8 Å². The highest BCUT2D eigenvalue weighted by molar-refractivity contribution is 9.10. The summed E-state index contributed by atoms with van der Waals surface area (Å²) in [6, 6.07) is 6.31. The molecule has 0 aliphatic heterocycles. The molecule has 1 aromatic carbocycles. The number of rotatable bonds is 2. The van der Waals surface area contributed by atoms with E-state index in [-0.39, 0.29) is 0 Å². The third-order valence-electron chi connectivity index (χ3n) is 2.81. The zero-order valence-corrected chi connectivity index (χ0v) is 11.1. The highest BCUT2D eigenvalue weighted by Crippen LogP contribution is 2.42. The van der Waals surface area contributed by atoms with Gasteiger partial charge < -0.3 is 5.73 Å². The third kappa shape index (κ3) is 1.52. The number of fused-ring (bicyclic) bond motifs is 3. The van der Waals surface area contributed by atoms with Gasteiger partial charge in [-0.1, -0.05) is 28.1 Å². The van der Waals surface area contributed by atoms with Crippen LogP contribution in [0.2, 0.25) is 0 Å². The predicted molar refractivity (Wildman–Crippen MR) is 70.8 cm³/mol. The third-order valence-corrected chi connectivity index (χ3v) is 4.67. The lowest BCUT2D eigenvalue weighted by Gasteiger charge is -2.01. The fraction of sp³-hybridized carbons (Fsp3) is 0.250. The fourth-order valence-electron chi connectivity index (χ4n) is 2.08. The molecule has 2 N–H and O–H groups in total. The van der Waals surface area contributed by atoms with Gasteiger partial charge in [0.1, 0.15) is 0 Å². The summed E-state index contributed by atoms with van der Waals surface area (Å²) in [5, 5.41) is 1.16.